The molecule has 0 aromatic heterocycles. The number of nitrogens with two attached hydrogens (primary N) is 1. The Morgan fingerprint density at radius 3 is 2.80 bits per heavy atom. The number of hydrogen-bond acceptors (Lipinski definition) is 2. The zero-order chi connectivity index (χ0) is 14.1. The first-order chi connectivity index (χ1) is 9.69. The van der Waals surface area contributed by atoms with Crippen LogP contribution >= 0.6 is 15.9 Å². The van der Waals surface area contributed by atoms with E-state index in [2.05, 4.69) is 70.2 Å². The molecule has 1 aliphatic rings. The van der Waals surface area contributed by atoms with Crippen molar-refractivity contribution >= 4 is 27.3 Å². The number of benzene rings is 2. The third kappa shape index (κ3) is 2.48. The van der Waals surface area contributed by atoms with Gasteiger partial charge in [0.25, 0.3) is 0 Å². The first-order valence-corrected chi connectivity index (χ1v) is 7.82. The molecule has 2 aromatic rings. The lowest BCUT2D eigenvalue weighted by Crippen LogP contribution is -2.31. The Bertz CT molecular complexity index is 624. The van der Waals surface area contributed by atoms with E-state index < -0.39 is 0 Å². The zero-order valence-electron chi connectivity index (χ0n) is 11.6. The molecule has 0 saturated carbocycles. The number of hydrogen-bond donors (Lipinski definition) is 1. The van der Waals surface area contributed by atoms with Crippen molar-refractivity contribution in [3.8, 4) is 0 Å². The van der Waals surface area contributed by atoms with Gasteiger partial charge in [-0.05, 0) is 41.7 Å². The van der Waals surface area contributed by atoms with Crippen LogP contribution in [0.1, 0.15) is 18.1 Å². The number of halogens is 1. The minimum absolute atomic E-state index is 0.565. The summed E-state index contributed by atoms with van der Waals surface area (Å²) in [6.07, 6.45) is 1.15. The summed E-state index contributed by atoms with van der Waals surface area (Å²) in [5.41, 5.74) is 11.1. The molecule has 3 rings (SSSR count). The predicted molar refractivity (Wildman–Crippen MR) is 88.3 cm³/mol. The van der Waals surface area contributed by atoms with E-state index in [-0.39, 0.29) is 0 Å². The Kier molecular flexibility index (Phi) is 3.81. The van der Waals surface area contributed by atoms with E-state index >= 15 is 0 Å². The zero-order valence-corrected chi connectivity index (χ0v) is 13.2. The predicted octanol–water partition coefficient (Wildman–Crippen LogP) is 4.24. The summed E-state index contributed by atoms with van der Waals surface area (Å²) in [5.74, 6) is 0.648. The van der Waals surface area contributed by atoms with Gasteiger partial charge in [-0.3, -0.25) is 0 Å². The van der Waals surface area contributed by atoms with Gasteiger partial charge in [-0.25, -0.2) is 0 Å². The Labute approximate surface area is 128 Å². The SMILES string of the molecule is CC1Cc2ccccc2N(c2cc(Br)ccc2CN)C1. The fraction of sp³-hybridized carbons (Fsp3) is 0.294. The molecule has 1 heterocycles. The second-order valence-electron chi connectivity index (χ2n) is 5.53. The standard InChI is InChI=1S/C17H19BrN2/c1-12-8-13-4-2-3-5-16(13)20(11-12)17-9-15(18)7-6-14(17)10-19/h2-7,9,12H,8,10-11,19H2,1H3. The van der Waals surface area contributed by atoms with Crippen LogP contribution < -0.4 is 10.6 Å². The molecule has 3 heteroatoms. The Morgan fingerprint density at radius 1 is 1.20 bits per heavy atom. The van der Waals surface area contributed by atoms with Crippen LogP contribution in [0.25, 0.3) is 0 Å². The third-order valence-electron chi connectivity index (χ3n) is 3.90. The molecule has 104 valence electrons. The van der Waals surface area contributed by atoms with Crippen molar-refractivity contribution in [2.75, 3.05) is 11.4 Å². The van der Waals surface area contributed by atoms with Crippen molar-refractivity contribution in [3.63, 3.8) is 0 Å². The van der Waals surface area contributed by atoms with Crippen LogP contribution in [-0.2, 0) is 13.0 Å². The molecule has 1 atom stereocenters. The number of anilines is 2. The molecule has 0 amide bonds. The molecule has 0 radical (unpaired) electrons. The molecule has 0 bridgehead atoms. The van der Waals surface area contributed by atoms with Gasteiger partial charge in [0.1, 0.15) is 0 Å². The van der Waals surface area contributed by atoms with Crippen LogP contribution in [-0.4, -0.2) is 6.54 Å². The minimum Gasteiger partial charge on any atom is -0.341 e. The fourth-order valence-electron chi connectivity index (χ4n) is 2.99. The van der Waals surface area contributed by atoms with Crippen LogP contribution in [0.2, 0.25) is 0 Å². The highest BCUT2D eigenvalue weighted by Gasteiger charge is 2.23. The van der Waals surface area contributed by atoms with Crippen molar-refractivity contribution in [2.24, 2.45) is 11.7 Å². The van der Waals surface area contributed by atoms with E-state index in [1.165, 1.54) is 22.5 Å². The van der Waals surface area contributed by atoms with Gasteiger partial charge >= 0.3 is 0 Å². The van der Waals surface area contributed by atoms with E-state index in [1.807, 2.05) is 0 Å². The lowest BCUT2D eigenvalue weighted by molar-refractivity contribution is 0.561. The molecule has 2 N–H and O–H groups in total. The molecule has 2 aromatic carbocycles. The van der Waals surface area contributed by atoms with E-state index in [9.17, 15) is 0 Å². The molecular formula is C17H19BrN2. The van der Waals surface area contributed by atoms with E-state index in [0.29, 0.717) is 12.5 Å². The van der Waals surface area contributed by atoms with Crippen molar-refractivity contribution in [1.29, 1.82) is 0 Å². The second kappa shape index (κ2) is 5.58. The van der Waals surface area contributed by atoms with Crippen LogP contribution in [0.5, 0.6) is 0 Å². The maximum Gasteiger partial charge on any atom is 0.0467 e. The van der Waals surface area contributed by atoms with E-state index in [4.69, 9.17) is 5.73 Å². The summed E-state index contributed by atoms with van der Waals surface area (Å²) in [7, 11) is 0. The number of rotatable bonds is 2. The molecule has 0 spiro atoms. The lowest BCUT2D eigenvalue weighted by Gasteiger charge is -2.36. The highest BCUT2D eigenvalue weighted by molar-refractivity contribution is 9.10. The Hall–Kier alpha value is -1.32. The van der Waals surface area contributed by atoms with Crippen LogP contribution in [0.15, 0.2) is 46.9 Å². The number of fused-ring (bicyclic) bond motifs is 1. The van der Waals surface area contributed by atoms with Crippen molar-refractivity contribution in [1.82, 2.24) is 0 Å². The summed E-state index contributed by atoms with van der Waals surface area (Å²) in [5, 5.41) is 0. The normalized spacial score (nSPS) is 17.9. The van der Waals surface area contributed by atoms with E-state index in [0.717, 1.165) is 17.4 Å². The smallest absolute Gasteiger partial charge is 0.0467 e. The minimum atomic E-state index is 0.565. The van der Waals surface area contributed by atoms with Crippen molar-refractivity contribution in [2.45, 2.75) is 19.9 Å². The summed E-state index contributed by atoms with van der Waals surface area (Å²) in [4.78, 5) is 2.41. The summed E-state index contributed by atoms with van der Waals surface area (Å²) < 4.78 is 1.10. The van der Waals surface area contributed by atoms with E-state index in [1.54, 1.807) is 0 Å². The highest BCUT2D eigenvalue weighted by Crippen LogP contribution is 2.37. The van der Waals surface area contributed by atoms with Gasteiger partial charge in [-0.1, -0.05) is 47.1 Å². The quantitative estimate of drug-likeness (QED) is 0.892. The average molecular weight is 331 g/mol. The highest BCUT2D eigenvalue weighted by atomic mass is 79.9. The third-order valence-corrected chi connectivity index (χ3v) is 4.40. The average Bonchev–Trinajstić information content (AvgIpc) is 2.46. The molecular weight excluding hydrogens is 312 g/mol. The van der Waals surface area contributed by atoms with Gasteiger partial charge in [0.05, 0.1) is 0 Å². The molecule has 0 saturated heterocycles. The number of nitrogens with zero attached hydrogens (tertiary/aromatic N) is 1. The Balaban J connectivity index is 2.13. The van der Waals surface area contributed by atoms with Gasteiger partial charge in [0.2, 0.25) is 0 Å². The first kappa shape index (κ1) is 13.7. The van der Waals surface area contributed by atoms with Crippen molar-refractivity contribution in [3.05, 3.63) is 58.1 Å². The molecule has 20 heavy (non-hydrogen) atoms. The van der Waals surface area contributed by atoms with Gasteiger partial charge < -0.3 is 10.6 Å². The first-order valence-electron chi connectivity index (χ1n) is 7.03. The van der Waals surface area contributed by atoms with Crippen LogP contribution in [0.3, 0.4) is 0 Å². The summed E-state index contributed by atoms with van der Waals surface area (Å²) in [6.45, 7) is 3.92. The Morgan fingerprint density at radius 2 is 2.00 bits per heavy atom. The number of para-hydroxylation sites is 1. The largest absolute Gasteiger partial charge is 0.341 e. The summed E-state index contributed by atoms with van der Waals surface area (Å²) >= 11 is 3.58. The molecule has 0 fully saturated rings. The topological polar surface area (TPSA) is 29.3 Å². The molecule has 2 nitrogen and oxygen atoms in total. The van der Waals surface area contributed by atoms with Crippen LogP contribution in [0.4, 0.5) is 11.4 Å². The molecule has 1 aliphatic heterocycles. The van der Waals surface area contributed by atoms with Gasteiger partial charge in [0, 0.05) is 28.9 Å². The fourth-order valence-corrected chi connectivity index (χ4v) is 3.33. The molecule has 1 unspecified atom stereocenters. The van der Waals surface area contributed by atoms with Gasteiger partial charge in [-0.15, -0.1) is 0 Å². The van der Waals surface area contributed by atoms with Crippen LogP contribution in [0, 0.1) is 5.92 Å². The second-order valence-corrected chi connectivity index (χ2v) is 6.44. The lowest BCUT2D eigenvalue weighted by atomic mass is 9.93. The van der Waals surface area contributed by atoms with Gasteiger partial charge in [0.15, 0.2) is 0 Å². The van der Waals surface area contributed by atoms with Crippen molar-refractivity contribution < 1.29 is 0 Å². The maximum atomic E-state index is 5.92. The van der Waals surface area contributed by atoms with Gasteiger partial charge in [-0.2, -0.15) is 0 Å². The summed E-state index contributed by atoms with van der Waals surface area (Å²) in [6, 6.07) is 15.0. The monoisotopic (exact) mass is 330 g/mol. The molecule has 0 aliphatic carbocycles. The maximum absolute atomic E-state index is 5.92.